The van der Waals surface area contributed by atoms with Crippen LogP contribution in [0.15, 0.2) is 24.3 Å². The van der Waals surface area contributed by atoms with Gasteiger partial charge in [0.15, 0.2) is 0 Å². The van der Waals surface area contributed by atoms with Crippen LogP contribution in [0, 0.1) is 11.6 Å². The van der Waals surface area contributed by atoms with Gasteiger partial charge in [0.25, 0.3) is 0 Å². The van der Waals surface area contributed by atoms with Gasteiger partial charge in [0.2, 0.25) is 0 Å². The Balaban J connectivity index is 2.45. The zero-order valence-electron chi connectivity index (χ0n) is 12.0. The lowest BCUT2D eigenvalue weighted by Crippen LogP contribution is -2.19. The molecular weight excluding hydrogens is 276 g/mol. The van der Waals surface area contributed by atoms with E-state index in [1.54, 1.807) is 0 Å². The number of nitrogens with two attached hydrogens (primary N) is 1. The number of nitrogens with one attached hydrogen (secondary N) is 2. The highest BCUT2D eigenvalue weighted by Crippen LogP contribution is 2.26. The van der Waals surface area contributed by atoms with Crippen molar-refractivity contribution in [1.82, 2.24) is 9.97 Å². The Bertz CT molecular complexity index is 632. The Kier molecular flexibility index (Phi) is 4.04. The molecule has 7 heteroatoms. The number of hydrazine groups is 1. The number of nitrogen functional groups attached to an aromatic ring is 1. The average molecular weight is 293 g/mol. The molecule has 0 atom stereocenters. The van der Waals surface area contributed by atoms with Crippen LogP contribution in [0.5, 0.6) is 0 Å². The standard InChI is InChI=1S/C14H17F2N5/c1-14(2,3)13-19-10(7-11(20-13)21-17)18-12-8(15)5-4-6-9(12)16/h4-7H,17H2,1-3H3,(H2,18,19,20,21). The van der Waals surface area contributed by atoms with E-state index < -0.39 is 11.6 Å². The summed E-state index contributed by atoms with van der Waals surface area (Å²) in [6, 6.07) is 5.10. The maximum Gasteiger partial charge on any atom is 0.149 e. The molecule has 4 N–H and O–H groups in total. The maximum atomic E-state index is 13.7. The van der Waals surface area contributed by atoms with Crippen molar-refractivity contribution in [2.24, 2.45) is 5.84 Å². The van der Waals surface area contributed by atoms with Gasteiger partial charge in [0, 0.05) is 11.5 Å². The highest BCUT2D eigenvalue weighted by atomic mass is 19.1. The van der Waals surface area contributed by atoms with E-state index in [0.717, 1.165) is 0 Å². The number of hydrogen-bond donors (Lipinski definition) is 3. The van der Waals surface area contributed by atoms with E-state index in [1.807, 2.05) is 20.8 Å². The van der Waals surface area contributed by atoms with Crippen molar-refractivity contribution >= 4 is 17.3 Å². The molecule has 0 aliphatic rings. The Hall–Kier alpha value is -2.28. The summed E-state index contributed by atoms with van der Waals surface area (Å²) in [6.45, 7) is 5.78. The summed E-state index contributed by atoms with van der Waals surface area (Å²) in [4.78, 5) is 8.51. The Morgan fingerprint density at radius 2 is 1.62 bits per heavy atom. The zero-order valence-corrected chi connectivity index (χ0v) is 12.0. The van der Waals surface area contributed by atoms with Crippen LogP contribution >= 0.6 is 0 Å². The molecule has 2 rings (SSSR count). The summed E-state index contributed by atoms with van der Waals surface area (Å²) in [5.74, 6) is 5.08. The fourth-order valence-electron chi connectivity index (χ4n) is 1.67. The summed E-state index contributed by atoms with van der Waals surface area (Å²) < 4.78 is 27.3. The van der Waals surface area contributed by atoms with Gasteiger partial charge in [-0.15, -0.1) is 0 Å². The molecular formula is C14H17F2N5. The van der Waals surface area contributed by atoms with Crippen LogP contribution in [0.3, 0.4) is 0 Å². The summed E-state index contributed by atoms with van der Waals surface area (Å²) in [7, 11) is 0. The second-order valence-electron chi connectivity index (χ2n) is 5.58. The molecule has 0 bridgehead atoms. The molecule has 0 aliphatic carbocycles. The molecule has 0 fully saturated rings. The minimum absolute atomic E-state index is 0.256. The minimum Gasteiger partial charge on any atom is -0.335 e. The Labute approximate surface area is 121 Å². The molecule has 0 aliphatic heterocycles. The SMILES string of the molecule is CC(C)(C)c1nc(NN)cc(Nc2c(F)cccc2F)n1. The fraction of sp³-hybridized carbons (Fsp3) is 0.286. The minimum atomic E-state index is -0.701. The zero-order chi connectivity index (χ0) is 15.6. The lowest BCUT2D eigenvalue weighted by atomic mass is 9.96. The van der Waals surface area contributed by atoms with E-state index >= 15 is 0 Å². The van der Waals surface area contributed by atoms with Gasteiger partial charge in [0.05, 0.1) is 0 Å². The first-order chi connectivity index (χ1) is 9.81. The van der Waals surface area contributed by atoms with Crippen molar-refractivity contribution in [3.63, 3.8) is 0 Å². The van der Waals surface area contributed by atoms with Gasteiger partial charge >= 0.3 is 0 Å². The highest BCUT2D eigenvalue weighted by molar-refractivity contribution is 5.60. The van der Waals surface area contributed by atoms with Crippen LogP contribution < -0.4 is 16.6 Å². The molecule has 1 aromatic heterocycles. The van der Waals surface area contributed by atoms with Crippen molar-refractivity contribution in [3.05, 3.63) is 41.7 Å². The second kappa shape index (κ2) is 5.61. The van der Waals surface area contributed by atoms with Gasteiger partial charge < -0.3 is 10.7 Å². The first kappa shape index (κ1) is 15.1. The van der Waals surface area contributed by atoms with Crippen molar-refractivity contribution in [3.8, 4) is 0 Å². The fourth-order valence-corrected chi connectivity index (χ4v) is 1.67. The van der Waals surface area contributed by atoms with Gasteiger partial charge in [-0.2, -0.15) is 0 Å². The molecule has 112 valence electrons. The first-order valence-corrected chi connectivity index (χ1v) is 6.38. The van der Waals surface area contributed by atoms with Crippen molar-refractivity contribution < 1.29 is 8.78 Å². The quantitative estimate of drug-likeness (QED) is 0.599. The lowest BCUT2D eigenvalue weighted by Gasteiger charge is -2.19. The molecule has 2 aromatic rings. The van der Waals surface area contributed by atoms with Gasteiger partial charge in [-0.25, -0.2) is 24.6 Å². The summed E-state index contributed by atoms with van der Waals surface area (Å²) in [5.41, 5.74) is 1.82. The van der Waals surface area contributed by atoms with Crippen molar-refractivity contribution in [2.45, 2.75) is 26.2 Å². The average Bonchev–Trinajstić information content (AvgIpc) is 2.42. The van der Waals surface area contributed by atoms with Crippen molar-refractivity contribution in [2.75, 3.05) is 10.7 Å². The topological polar surface area (TPSA) is 75.9 Å². The molecule has 0 radical (unpaired) electrons. The molecule has 1 aromatic carbocycles. The second-order valence-corrected chi connectivity index (χ2v) is 5.58. The number of rotatable bonds is 3. The third-order valence-corrected chi connectivity index (χ3v) is 2.76. The maximum absolute atomic E-state index is 13.7. The van der Waals surface area contributed by atoms with Gasteiger partial charge in [-0.1, -0.05) is 26.8 Å². The van der Waals surface area contributed by atoms with E-state index in [0.29, 0.717) is 11.6 Å². The van der Waals surface area contributed by atoms with Gasteiger partial charge in [-0.3, -0.25) is 0 Å². The molecule has 0 saturated carbocycles. The van der Waals surface area contributed by atoms with Gasteiger partial charge in [-0.05, 0) is 12.1 Å². The molecule has 1 heterocycles. The smallest absolute Gasteiger partial charge is 0.149 e. The van der Waals surface area contributed by atoms with Crippen molar-refractivity contribution in [1.29, 1.82) is 0 Å². The molecule has 0 unspecified atom stereocenters. The molecule has 0 spiro atoms. The summed E-state index contributed by atoms with van der Waals surface area (Å²) in [5, 5.41) is 2.63. The van der Waals surface area contributed by atoms with Crippen LogP contribution in [0.4, 0.5) is 26.1 Å². The Morgan fingerprint density at radius 1 is 1.05 bits per heavy atom. The highest BCUT2D eigenvalue weighted by Gasteiger charge is 2.20. The number of nitrogens with zero attached hydrogens (tertiary/aromatic N) is 2. The molecule has 0 amide bonds. The predicted octanol–water partition coefficient (Wildman–Crippen LogP) is 3.08. The van der Waals surface area contributed by atoms with E-state index in [2.05, 4.69) is 20.7 Å². The van der Waals surface area contributed by atoms with E-state index in [-0.39, 0.29) is 16.9 Å². The lowest BCUT2D eigenvalue weighted by molar-refractivity contribution is 0.546. The van der Waals surface area contributed by atoms with Crippen LogP contribution in [0.1, 0.15) is 26.6 Å². The van der Waals surface area contributed by atoms with Crippen LogP contribution in [-0.4, -0.2) is 9.97 Å². The predicted molar refractivity (Wildman–Crippen MR) is 78.2 cm³/mol. The van der Waals surface area contributed by atoms with Crippen LogP contribution in [0.2, 0.25) is 0 Å². The number of aromatic nitrogens is 2. The number of para-hydroxylation sites is 1. The van der Waals surface area contributed by atoms with E-state index in [9.17, 15) is 8.78 Å². The largest absolute Gasteiger partial charge is 0.335 e. The number of anilines is 3. The number of hydrogen-bond acceptors (Lipinski definition) is 5. The molecule has 0 saturated heterocycles. The number of benzene rings is 1. The number of halogens is 2. The normalized spacial score (nSPS) is 11.3. The van der Waals surface area contributed by atoms with Crippen LogP contribution in [-0.2, 0) is 5.41 Å². The monoisotopic (exact) mass is 293 g/mol. The Morgan fingerprint density at radius 3 is 2.14 bits per heavy atom. The third-order valence-electron chi connectivity index (χ3n) is 2.76. The molecule has 21 heavy (non-hydrogen) atoms. The summed E-state index contributed by atoms with van der Waals surface area (Å²) >= 11 is 0. The van der Waals surface area contributed by atoms with E-state index in [4.69, 9.17) is 5.84 Å². The van der Waals surface area contributed by atoms with Gasteiger partial charge in [0.1, 0.15) is 34.8 Å². The first-order valence-electron chi connectivity index (χ1n) is 6.38. The van der Waals surface area contributed by atoms with E-state index in [1.165, 1.54) is 24.3 Å². The van der Waals surface area contributed by atoms with Crippen LogP contribution in [0.25, 0.3) is 0 Å². The third kappa shape index (κ3) is 3.43. The molecule has 5 nitrogen and oxygen atoms in total. The summed E-state index contributed by atoms with van der Waals surface area (Å²) in [6.07, 6.45) is 0.